The number of pyridine rings is 1. The SMILES string of the molecule is CSCc1ccc(N2CCN(c3cc(C)cc(C)c3)C(=O)C2)nc1. The first kappa shape index (κ1) is 16.8. The summed E-state index contributed by atoms with van der Waals surface area (Å²) in [4.78, 5) is 21.1. The molecule has 1 aliphatic heterocycles. The van der Waals surface area contributed by atoms with Crippen molar-refractivity contribution in [2.45, 2.75) is 19.6 Å². The van der Waals surface area contributed by atoms with Crippen LogP contribution in [0.3, 0.4) is 0 Å². The fourth-order valence-corrected chi connectivity index (χ4v) is 3.61. The number of aromatic nitrogens is 1. The van der Waals surface area contributed by atoms with Crippen molar-refractivity contribution in [1.82, 2.24) is 4.98 Å². The van der Waals surface area contributed by atoms with Gasteiger partial charge in [0.15, 0.2) is 0 Å². The number of benzene rings is 1. The lowest BCUT2D eigenvalue weighted by Crippen LogP contribution is -2.51. The van der Waals surface area contributed by atoms with E-state index in [1.54, 1.807) is 11.8 Å². The molecule has 24 heavy (non-hydrogen) atoms. The minimum atomic E-state index is 0.126. The van der Waals surface area contributed by atoms with Crippen LogP contribution in [0.5, 0.6) is 0 Å². The third-order valence-electron chi connectivity index (χ3n) is 4.18. The number of hydrogen-bond acceptors (Lipinski definition) is 4. The van der Waals surface area contributed by atoms with Crippen LogP contribution in [0.4, 0.5) is 11.5 Å². The molecule has 1 amide bonds. The van der Waals surface area contributed by atoms with Gasteiger partial charge in [-0.05, 0) is 55.0 Å². The highest BCUT2D eigenvalue weighted by molar-refractivity contribution is 7.97. The second-order valence-electron chi connectivity index (χ2n) is 6.27. The van der Waals surface area contributed by atoms with Crippen LogP contribution in [0.15, 0.2) is 36.5 Å². The first-order valence-electron chi connectivity index (χ1n) is 8.14. The number of anilines is 2. The predicted molar refractivity (Wildman–Crippen MR) is 102 cm³/mol. The van der Waals surface area contributed by atoms with Gasteiger partial charge in [-0.2, -0.15) is 11.8 Å². The van der Waals surface area contributed by atoms with Gasteiger partial charge in [0, 0.05) is 30.7 Å². The number of thioether (sulfide) groups is 1. The molecule has 2 aromatic rings. The molecule has 1 aromatic carbocycles. The molecule has 0 unspecified atom stereocenters. The Morgan fingerprint density at radius 3 is 2.46 bits per heavy atom. The Hall–Kier alpha value is -2.01. The molecule has 3 rings (SSSR count). The maximum Gasteiger partial charge on any atom is 0.246 e. The number of rotatable bonds is 4. The van der Waals surface area contributed by atoms with Crippen molar-refractivity contribution in [3.8, 4) is 0 Å². The highest BCUT2D eigenvalue weighted by Gasteiger charge is 2.26. The fourth-order valence-electron chi connectivity index (χ4n) is 3.10. The van der Waals surface area contributed by atoms with Crippen molar-refractivity contribution < 1.29 is 4.79 Å². The third kappa shape index (κ3) is 3.73. The Labute approximate surface area is 147 Å². The molecule has 0 bridgehead atoms. The molecule has 126 valence electrons. The average molecular weight is 341 g/mol. The summed E-state index contributed by atoms with van der Waals surface area (Å²) in [6.07, 6.45) is 3.99. The van der Waals surface area contributed by atoms with Crippen molar-refractivity contribution in [2.24, 2.45) is 0 Å². The molecular weight excluding hydrogens is 318 g/mol. The number of piperazine rings is 1. The Kier molecular flexibility index (Phi) is 5.09. The molecule has 4 nitrogen and oxygen atoms in total. The summed E-state index contributed by atoms with van der Waals surface area (Å²) in [5.74, 6) is 1.97. The molecule has 5 heteroatoms. The van der Waals surface area contributed by atoms with Gasteiger partial charge in [0.05, 0.1) is 6.54 Å². The van der Waals surface area contributed by atoms with Gasteiger partial charge in [0.2, 0.25) is 5.91 Å². The van der Waals surface area contributed by atoms with Crippen LogP contribution in [0.25, 0.3) is 0 Å². The van der Waals surface area contributed by atoms with Gasteiger partial charge in [0.1, 0.15) is 5.82 Å². The molecule has 0 atom stereocenters. The number of carbonyl (C=O) groups is 1. The van der Waals surface area contributed by atoms with Gasteiger partial charge in [0.25, 0.3) is 0 Å². The van der Waals surface area contributed by atoms with Gasteiger partial charge in [-0.1, -0.05) is 12.1 Å². The lowest BCUT2D eigenvalue weighted by Gasteiger charge is -2.35. The van der Waals surface area contributed by atoms with Crippen LogP contribution in [0, 0.1) is 13.8 Å². The molecular formula is C19H23N3OS. The monoisotopic (exact) mass is 341 g/mol. The van der Waals surface area contributed by atoms with Gasteiger partial charge >= 0.3 is 0 Å². The Morgan fingerprint density at radius 1 is 1.12 bits per heavy atom. The topological polar surface area (TPSA) is 36.4 Å². The van der Waals surface area contributed by atoms with Crippen molar-refractivity contribution in [3.63, 3.8) is 0 Å². The second kappa shape index (κ2) is 7.26. The highest BCUT2D eigenvalue weighted by atomic mass is 32.2. The zero-order valence-electron chi connectivity index (χ0n) is 14.5. The molecule has 1 fully saturated rings. The number of amides is 1. The zero-order valence-corrected chi connectivity index (χ0v) is 15.3. The van der Waals surface area contributed by atoms with E-state index in [2.05, 4.69) is 54.3 Å². The van der Waals surface area contributed by atoms with E-state index >= 15 is 0 Å². The van der Waals surface area contributed by atoms with Crippen LogP contribution in [-0.4, -0.2) is 36.8 Å². The minimum absolute atomic E-state index is 0.126. The molecule has 1 saturated heterocycles. The standard InChI is InChI=1S/C19H23N3OS/c1-14-8-15(2)10-17(9-14)22-7-6-21(12-19(22)23)18-5-4-16(11-20-18)13-24-3/h4-5,8-11H,6-7,12-13H2,1-3H3. The molecule has 1 aromatic heterocycles. The van der Waals surface area contributed by atoms with Crippen LogP contribution in [0.1, 0.15) is 16.7 Å². The smallest absolute Gasteiger partial charge is 0.246 e. The molecule has 0 aliphatic carbocycles. The highest BCUT2D eigenvalue weighted by Crippen LogP contribution is 2.23. The number of hydrogen-bond donors (Lipinski definition) is 0. The minimum Gasteiger partial charge on any atom is -0.345 e. The van der Waals surface area contributed by atoms with E-state index in [0.717, 1.165) is 23.8 Å². The summed E-state index contributed by atoms with van der Waals surface area (Å²) in [6, 6.07) is 10.4. The van der Waals surface area contributed by atoms with E-state index in [1.807, 2.05) is 17.2 Å². The van der Waals surface area contributed by atoms with Crippen molar-refractivity contribution in [2.75, 3.05) is 35.7 Å². The number of nitrogens with zero attached hydrogens (tertiary/aromatic N) is 3. The average Bonchev–Trinajstić information content (AvgIpc) is 2.55. The molecule has 2 heterocycles. The van der Waals surface area contributed by atoms with Crippen molar-refractivity contribution in [1.29, 1.82) is 0 Å². The first-order chi connectivity index (χ1) is 11.6. The predicted octanol–water partition coefficient (Wildman–Crippen LogP) is 3.41. The molecule has 1 aliphatic rings. The summed E-state index contributed by atoms with van der Waals surface area (Å²) in [7, 11) is 0. The van der Waals surface area contributed by atoms with E-state index in [9.17, 15) is 4.79 Å². The summed E-state index contributed by atoms with van der Waals surface area (Å²) < 4.78 is 0. The zero-order chi connectivity index (χ0) is 17.1. The van der Waals surface area contributed by atoms with Gasteiger partial charge in [-0.25, -0.2) is 4.98 Å². The Bertz CT molecular complexity index is 710. The fraction of sp³-hybridized carbons (Fsp3) is 0.368. The first-order valence-corrected chi connectivity index (χ1v) is 9.53. The maximum atomic E-state index is 12.6. The normalized spacial score (nSPS) is 15.0. The van der Waals surface area contributed by atoms with Crippen LogP contribution in [0.2, 0.25) is 0 Å². The summed E-state index contributed by atoms with van der Waals surface area (Å²) >= 11 is 1.78. The third-order valence-corrected chi connectivity index (χ3v) is 4.80. The number of aryl methyl sites for hydroxylation is 2. The van der Waals surface area contributed by atoms with E-state index in [4.69, 9.17) is 0 Å². The van der Waals surface area contributed by atoms with Crippen LogP contribution in [-0.2, 0) is 10.5 Å². The van der Waals surface area contributed by atoms with Crippen LogP contribution < -0.4 is 9.80 Å². The second-order valence-corrected chi connectivity index (χ2v) is 7.14. The van der Waals surface area contributed by atoms with E-state index < -0.39 is 0 Å². The van der Waals surface area contributed by atoms with E-state index in [0.29, 0.717) is 13.1 Å². The largest absolute Gasteiger partial charge is 0.345 e. The lowest BCUT2D eigenvalue weighted by atomic mass is 10.1. The summed E-state index contributed by atoms with van der Waals surface area (Å²) in [5.41, 5.74) is 4.59. The molecule has 0 radical (unpaired) electrons. The Balaban J connectivity index is 1.71. The van der Waals surface area contributed by atoms with Crippen LogP contribution >= 0.6 is 11.8 Å². The molecule has 0 saturated carbocycles. The molecule has 0 N–H and O–H groups in total. The molecule has 0 spiro atoms. The van der Waals surface area contributed by atoms with Gasteiger partial charge in [-0.15, -0.1) is 0 Å². The Morgan fingerprint density at radius 2 is 1.88 bits per heavy atom. The van der Waals surface area contributed by atoms with E-state index in [-0.39, 0.29) is 5.91 Å². The summed E-state index contributed by atoms with van der Waals surface area (Å²) in [5, 5.41) is 0. The maximum absolute atomic E-state index is 12.6. The van der Waals surface area contributed by atoms with Gasteiger partial charge in [-0.3, -0.25) is 4.79 Å². The van der Waals surface area contributed by atoms with E-state index in [1.165, 1.54) is 16.7 Å². The van der Waals surface area contributed by atoms with Crippen molar-refractivity contribution in [3.05, 3.63) is 53.2 Å². The quantitative estimate of drug-likeness (QED) is 0.854. The van der Waals surface area contributed by atoms with Crippen molar-refractivity contribution >= 4 is 29.2 Å². The van der Waals surface area contributed by atoms with Gasteiger partial charge < -0.3 is 9.80 Å². The summed E-state index contributed by atoms with van der Waals surface area (Å²) in [6.45, 7) is 6.00. The number of carbonyl (C=O) groups excluding carboxylic acids is 1. The lowest BCUT2D eigenvalue weighted by molar-refractivity contribution is -0.117.